The molecule has 3 heterocycles. The number of nitrogens with zero attached hydrogens (tertiary/aromatic N) is 3. The summed E-state index contributed by atoms with van der Waals surface area (Å²) in [7, 11) is 0. The van der Waals surface area contributed by atoms with Gasteiger partial charge in [-0.3, -0.25) is 0 Å². The van der Waals surface area contributed by atoms with Crippen LogP contribution in [0.4, 0.5) is 10.6 Å². The van der Waals surface area contributed by atoms with Crippen molar-refractivity contribution >= 4 is 23.5 Å². The van der Waals surface area contributed by atoms with Crippen molar-refractivity contribution < 1.29 is 19.4 Å². The number of morpholine rings is 1. The minimum atomic E-state index is -0.972. The Morgan fingerprint density at radius 1 is 1.29 bits per heavy atom. The molecule has 0 unspecified atom stereocenters. The molecular weight excluding hydrogens is 298 g/mol. The molecule has 21 heavy (non-hydrogen) atoms. The molecule has 3 rings (SSSR count). The van der Waals surface area contributed by atoms with Crippen molar-refractivity contribution in [2.45, 2.75) is 6.54 Å². The van der Waals surface area contributed by atoms with Gasteiger partial charge in [-0.2, -0.15) is 4.98 Å². The second-order valence-corrected chi connectivity index (χ2v) is 5.32. The van der Waals surface area contributed by atoms with Crippen molar-refractivity contribution in [3.63, 3.8) is 0 Å². The number of anilines is 1. The smallest absolute Gasteiger partial charge is 0.407 e. The van der Waals surface area contributed by atoms with E-state index in [0.717, 1.165) is 13.1 Å². The van der Waals surface area contributed by atoms with Gasteiger partial charge in [0.2, 0.25) is 5.88 Å². The third-order valence-corrected chi connectivity index (χ3v) is 3.82. The first-order chi connectivity index (χ1) is 10.1. The van der Waals surface area contributed by atoms with Crippen LogP contribution in [-0.2, 0) is 11.3 Å². The summed E-state index contributed by atoms with van der Waals surface area (Å²) < 4.78 is 10.9. The zero-order valence-electron chi connectivity index (χ0n) is 11.4. The van der Waals surface area contributed by atoms with Gasteiger partial charge in [0, 0.05) is 18.7 Å². The van der Waals surface area contributed by atoms with Gasteiger partial charge in [0.1, 0.15) is 6.61 Å². The SMILES string of the molecule is O=C(O)N1CCOc2nc(N3CCOCC3)c(Cl)cc2C1. The second-order valence-electron chi connectivity index (χ2n) is 4.91. The molecule has 0 saturated carbocycles. The van der Waals surface area contributed by atoms with E-state index in [4.69, 9.17) is 26.2 Å². The van der Waals surface area contributed by atoms with Crippen molar-refractivity contribution in [3.8, 4) is 5.88 Å². The molecule has 0 aliphatic carbocycles. The van der Waals surface area contributed by atoms with Gasteiger partial charge in [-0.15, -0.1) is 0 Å². The molecule has 1 amide bonds. The molecule has 2 aliphatic heterocycles. The molecule has 8 heteroatoms. The molecule has 0 aromatic carbocycles. The van der Waals surface area contributed by atoms with Crippen molar-refractivity contribution in [1.82, 2.24) is 9.88 Å². The predicted molar refractivity (Wildman–Crippen MR) is 76.2 cm³/mol. The average molecular weight is 314 g/mol. The standard InChI is InChI=1S/C13H16ClN3O4/c14-10-7-9-8-17(13(18)19)3-6-21-12(9)15-11(10)16-1-4-20-5-2-16/h7H,1-6,8H2,(H,18,19). The largest absolute Gasteiger partial charge is 0.475 e. The quantitative estimate of drug-likeness (QED) is 0.845. The summed E-state index contributed by atoms with van der Waals surface area (Å²) in [6.07, 6.45) is -0.972. The molecule has 114 valence electrons. The van der Waals surface area contributed by atoms with Crippen molar-refractivity contribution in [1.29, 1.82) is 0 Å². The van der Waals surface area contributed by atoms with Gasteiger partial charge < -0.3 is 24.4 Å². The highest BCUT2D eigenvalue weighted by atomic mass is 35.5. The number of fused-ring (bicyclic) bond motifs is 1. The number of aromatic nitrogens is 1. The Kier molecular flexibility index (Phi) is 4.03. The van der Waals surface area contributed by atoms with E-state index in [-0.39, 0.29) is 13.2 Å². The monoisotopic (exact) mass is 313 g/mol. The van der Waals surface area contributed by atoms with Gasteiger partial charge in [0.15, 0.2) is 5.82 Å². The van der Waals surface area contributed by atoms with Gasteiger partial charge in [-0.1, -0.05) is 11.6 Å². The van der Waals surface area contributed by atoms with Gasteiger partial charge >= 0.3 is 6.09 Å². The van der Waals surface area contributed by atoms with Crippen LogP contribution in [0.15, 0.2) is 6.07 Å². The molecule has 1 fully saturated rings. The fourth-order valence-electron chi connectivity index (χ4n) is 2.44. The van der Waals surface area contributed by atoms with Crippen molar-refractivity contribution in [2.75, 3.05) is 44.4 Å². The highest BCUT2D eigenvalue weighted by molar-refractivity contribution is 6.33. The third-order valence-electron chi connectivity index (χ3n) is 3.54. The second kappa shape index (κ2) is 5.95. The lowest BCUT2D eigenvalue weighted by molar-refractivity contribution is 0.122. The minimum absolute atomic E-state index is 0.237. The van der Waals surface area contributed by atoms with Crippen LogP contribution in [0.3, 0.4) is 0 Å². The maximum Gasteiger partial charge on any atom is 0.407 e. The average Bonchev–Trinajstić information content (AvgIpc) is 2.69. The van der Waals surface area contributed by atoms with Gasteiger partial charge in [-0.05, 0) is 6.07 Å². The topological polar surface area (TPSA) is 75.1 Å². The molecule has 0 spiro atoms. The molecule has 2 aliphatic rings. The first kappa shape index (κ1) is 14.2. The molecule has 0 bridgehead atoms. The first-order valence-corrected chi connectivity index (χ1v) is 7.16. The lowest BCUT2D eigenvalue weighted by Crippen LogP contribution is -2.37. The van der Waals surface area contributed by atoms with Crippen LogP contribution in [0.2, 0.25) is 5.02 Å². The highest BCUT2D eigenvalue weighted by Crippen LogP contribution is 2.32. The maximum absolute atomic E-state index is 11.1. The summed E-state index contributed by atoms with van der Waals surface area (Å²) in [5, 5.41) is 9.62. The highest BCUT2D eigenvalue weighted by Gasteiger charge is 2.24. The van der Waals surface area contributed by atoms with Crippen molar-refractivity contribution in [2.24, 2.45) is 0 Å². The lowest BCUT2D eigenvalue weighted by atomic mass is 10.2. The molecule has 0 atom stereocenters. The van der Waals surface area contributed by atoms with E-state index in [1.807, 2.05) is 0 Å². The molecule has 1 aromatic heterocycles. The molecule has 1 aromatic rings. The fourth-order valence-corrected chi connectivity index (χ4v) is 2.73. The van der Waals surface area contributed by atoms with Crippen LogP contribution in [0, 0.1) is 0 Å². The summed E-state index contributed by atoms with van der Waals surface area (Å²) in [5.74, 6) is 1.13. The Hall–Kier alpha value is -1.73. The number of amides is 1. The van der Waals surface area contributed by atoms with Crippen LogP contribution in [0.1, 0.15) is 5.56 Å². The summed E-state index contributed by atoms with van der Waals surface area (Å²) in [4.78, 5) is 18.9. The van der Waals surface area contributed by atoms with E-state index in [1.165, 1.54) is 4.90 Å². The third kappa shape index (κ3) is 2.98. The Labute approximate surface area is 127 Å². The summed E-state index contributed by atoms with van der Waals surface area (Å²) in [6, 6.07) is 1.75. The molecule has 0 radical (unpaired) electrons. The number of carbonyl (C=O) groups is 1. The van der Waals surface area contributed by atoms with E-state index in [2.05, 4.69) is 9.88 Å². The number of pyridine rings is 1. The van der Waals surface area contributed by atoms with Crippen molar-refractivity contribution in [3.05, 3.63) is 16.7 Å². The number of carboxylic acid groups (broad SMARTS) is 1. The van der Waals surface area contributed by atoms with E-state index < -0.39 is 6.09 Å². The van der Waals surface area contributed by atoms with E-state index in [9.17, 15) is 4.79 Å². The summed E-state index contributed by atoms with van der Waals surface area (Å²) in [5.41, 5.74) is 0.692. The number of rotatable bonds is 1. The Morgan fingerprint density at radius 2 is 2.05 bits per heavy atom. The fraction of sp³-hybridized carbons (Fsp3) is 0.538. The number of hydrogen-bond acceptors (Lipinski definition) is 5. The normalized spacial score (nSPS) is 18.7. The van der Waals surface area contributed by atoms with Crippen LogP contribution >= 0.6 is 11.6 Å². The predicted octanol–water partition coefficient (Wildman–Crippen LogP) is 1.44. The van der Waals surface area contributed by atoms with E-state index in [0.29, 0.717) is 42.0 Å². The summed E-state index contributed by atoms with van der Waals surface area (Å²) in [6.45, 7) is 3.58. The number of ether oxygens (including phenoxy) is 2. The molecule has 1 N–H and O–H groups in total. The summed E-state index contributed by atoms with van der Waals surface area (Å²) >= 11 is 6.31. The van der Waals surface area contributed by atoms with Crippen LogP contribution in [0.25, 0.3) is 0 Å². The molecule has 1 saturated heterocycles. The van der Waals surface area contributed by atoms with Crippen LogP contribution < -0.4 is 9.64 Å². The van der Waals surface area contributed by atoms with E-state index >= 15 is 0 Å². The van der Waals surface area contributed by atoms with Gasteiger partial charge in [0.25, 0.3) is 0 Å². The Bertz CT molecular complexity index is 548. The first-order valence-electron chi connectivity index (χ1n) is 6.78. The lowest BCUT2D eigenvalue weighted by Gasteiger charge is -2.29. The molecular formula is C13H16ClN3O4. The van der Waals surface area contributed by atoms with Gasteiger partial charge in [0.05, 0.1) is 31.3 Å². The van der Waals surface area contributed by atoms with Crippen LogP contribution in [-0.4, -0.2) is 60.5 Å². The Balaban J connectivity index is 1.90. The number of hydrogen-bond donors (Lipinski definition) is 1. The Morgan fingerprint density at radius 3 is 2.76 bits per heavy atom. The van der Waals surface area contributed by atoms with E-state index in [1.54, 1.807) is 6.07 Å². The maximum atomic E-state index is 11.1. The minimum Gasteiger partial charge on any atom is -0.475 e. The number of halogens is 1. The molecule has 7 nitrogen and oxygen atoms in total. The zero-order chi connectivity index (χ0) is 14.8. The van der Waals surface area contributed by atoms with Crippen LogP contribution in [0.5, 0.6) is 5.88 Å². The zero-order valence-corrected chi connectivity index (χ0v) is 12.2. The van der Waals surface area contributed by atoms with Gasteiger partial charge in [-0.25, -0.2) is 4.79 Å².